The van der Waals surface area contributed by atoms with E-state index in [4.69, 9.17) is 11.6 Å². The number of hydrogen-bond acceptors (Lipinski definition) is 3. The number of halogens is 3. The summed E-state index contributed by atoms with van der Waals surface area (Å²) in [5.41, 5.74) is 0.0127. The van der Waals surface area contributed by atoms with Crippen molar-refractivity contribution < 1.29 is 9.18 Å². The van der Waals surface area contributed by atoms with Crippen LogP contribution >= 0.6 is 27.5 Å². The second kappa shape index (κ2) is 4.85. The van der Waals surface area contributed by atoms with Crippen molar-refractivity contribution in [3.05, 3.63) is 31.7 Å². The van der Waals surface area contributed by atoms with Crippen molar-refractivity contribution in [1.82, 2.24) is 19.5 Å². The normalized spacial score (nSPS) is 15.7. The van der Waals surface area contributed by atoms with Gasteiger partial charge in [0.15, 0.2) is 5.65 Å². The highest BCUT2D eigenvalue weighted by atomic mass is 79.9. The van der Waals surface area contributed by atoms with Gasteiger partial charge < -0.3 is 9.88 Å². The molecular weight excluding hydrogens is 355 g/mol. The van der Waals surface area contributed by atoms with Crippen molar-refractivity contribution in [3.63, 3.8) is 0 Å². The van der Waals surface area contributed by atoms with Gasteiger partial charge >= 0.3 is 0 Å². The maximum Gasteiger partial charge on any atom is 0.275 e. The zero-order valence-corrected chi connectivity index (χ0v) is 12.4. The first kappa shape index (κ1) is 13.6. The molecule has 6 nitrogen and oxygen atoms in total. The number of aromatic amines is 1. The second-order valence-electron chi connectivity index (χ2n) is 4.61. The van der Waals surface area contributed by atoms with Crippen molar-refractivity contribution in [3.8, 4) is 0 Å². The van der Waals surface area contributed by atoms with Gasteiger partial charge in [0.1, 0.15) is 15.3 Å². The fourth-order valence-electron chi connectivity index (χ4n) is 2.17. The number of carbonyl (C=O) groups is 1. The third kappa shape index (κ3) is 2.03. The highest BCUT2D eigenvalue weighted by Crippen LogP contribution is 2.25. The molecule has 2 aromatic heterocycles. The zero-order chi connectivity index (χ0) is 14.4. The van der Waals surface area contributed by atoms with Gasteiger partial charge in [0.25, 0.3) is 11.5 Å². The van der Waals surface area contributed by atoms with Gasteiger partial charge in [-0.25, -0.2) is 0 Å². The Hall–Kier alpha value is -1.41. The van der Waals surface area contributed by atoms with E-state index in [1.165, 1.54) is 11.0 Å². The Labute approximate surface area is 125 Å². The number of nitrogens with one attached hydrogen (secondary N) is 1. The SMILES string of the molecule is O=C(c1c(Br)nn2c(=O)cc(Cl)[nH]c12)N1CC(CF)C1. The van der Waals surface area contributed by atoms with Crippen molar-refractivity contribution in [2.45, 2.75) is 0 Å². The first-order valence-electron chi connectivity index (χ1n) is 5.83. The number of aromatic nitrogens is 3. The summed E-state index contributed by atoms with van der Waals surface area (Å²) in [4.78, 5) is 28.4. The lowest BCUT2D eigenvalue weighted by Crippen LogP contribution is -2.50. The summed E-state index contributed by atoms with van der Waals surface area (Å²) < 4.78 is 13.7. The van der Waals surface area contributed by atoms with Gasteiger partial charge in [-0.1, -0.05) is 11.6 Å². The van der Waals surface area contributed by atoms with Crippen LogP contribution in [0.3, 0.4) is 0 Å². The Morgan fingerprint density at radius 2 is 2.30 bits per heavy atom. The number of nitrogens with zero attached hydrogens (tertiary/aromatic N) is 3. The van der Waals surface area contributed by atoms with E-state index in [9.17, 15) is 14.0 Å². The minimum absolute atomic E-state index is 0.109. The first-order chi connectivity index (χ1) is 9.51. The van der Waals surface area contributed by atoms with E-state index in [0.717, 1.165) is 4.52 Å². The largest absolute Gasteiger partial charge is 0.338 e. The highest BCUT2D eigenvalue weighted by Gasteiger charge is 2.34. The molecule has 0 radical (unpaired) electrons. The number of fused-ring (bicyclic) bond motifs is 1. The number of rotatable bonds is 2. The summed E-state index contributed by atoms with van der Waals surface area (Å²) in [6, 6.07) is 1.17. The number of hydrogen-bond donors (Lipinski definition) is 1. The predicted octanol–water partition coefficient (Wildman–Crippen LogP) is 1.48. The lowest BCUT2D eigenvalue weighted by atomic mass is 10.0. The van der Waals surface area contributed by atoms with Crippen LogP contribution in [0.25, 0.3) is 5.65 Å². The van der Waals surface area contributed by atoms with Crippen LogP contribution in [0.1, 0.15) is 10.4 Å². The Kier molecular flexibility index (Phi) is 3.29. The molecule has 1 aliphatic heterocycles. The molecular formula is C11H9BrClFN4O2. The van der Waals surface area contributed by atoms with Crippen LogP contribution < -0.4 is 5.56 Å². The van der Waals surface area contributed by atoms with Crippen molar-refractivity contribution in [2.24, 2.45) is 5.92 Å². The van der Waals surface area contributed by atoms with Gasteiger partial charge in [0, 0.05) is 25.1 Å². The van der Waals surface area contributed by atoms with Crippen LogP contribution in [0.15, 0.2) is 15.5 Å². The molecule has 0 unspecified atom stereocenters. The van der Waals surface area contributed by atoms with E-state index >= 15 is 0 Å². The van der Waals surface area contributed by atoms with E-state index < -0.39 is 12.2 Å². The van der Waals surface area contributed by atoms with Crippen molar-refractivity contribution >= 4 is 39.1 Å². The summed E-state index contributed by atoms with van der Waals surface area (Å²) in [6.45, 7) is 0.288. The average Bonchev–Trinajstić information content (AvgIpc) is 2.64. The summed E-state index contributed by atoms with van der Waals surface area (Å²) in [7, 11) is 0. The van der Waals surface area contributed by atoms with E-state index in [2.05, 4.69) is 26.0 Å². The maximum atomic E-state index is 12.4. The van der Waals surface area contributed by atoms with Crippen LogP contribution in [-0.4, -0.2) is 45.2 Å². The molecule has 1 amide bonds. The van der Waals surface area contributed by atoms with E-state index in [1.54, 1.807) is 0 Å². The molecule has 0 atom stereocenters. The van der Waals surface area contributed by atoms with Crippen LogP contribution in [0, 0.1) is 5.92 Å². The number of alkyl halides is 1. The second-order valence-corrected chi connectivity index (χ2v) is 5.77. The molecule has 0 aliphatic carbocycles. The molecule has 1 fully saturated rings. The van der Waals surface area contributed by atoms with E-state index in [0.29, 0.717) is 13.1 Å². The average molecular weight is 364 g/mol. The Morgan fingerprint density at radius 1 is 1.60 bits per heavy atom. The van der Waals surface area contributed by atoms with Gasteiger partial charge in [-0.3, -0.25) is 14.0 Å². The fourth-order valence-corrected chi connectivity index (χ4v) is 2.86. The lowest BCUT2D eigenvalue weighted by molar-refractivity contribution is 0.0453. The molecule has 106 valence electrons. The van der Waals surface area contributed by atoms with E-state index in [-0.39, 0.29) is 32.8 Å². The number of carbonyl (C=O) groups excluding carboxylic acids is 1. The smallest absolute Gasteiger partial charge is 0.275 e. The van der Waals surface area contributed by atoms with Crippen LogP contribution in [0.5, 0.6) is 0 Å². The molecule has 0 bridgehead atoms. The third-order valence-corrected chi connectivity index (χ3v) is 3.97. The van der Waals surface area contributed by atoms with Gasteiger partial charge in [0.2, 0.25) is 0 Å². The van der Waals surface area contributed by atoms with Gasteiger partial charge in [-0.2, -0.15) is 9.61 Å². The lowest BCUT2D eigenvalue weighted by Gasteiger charge is -2.37. The molecule has 1 saturated heterocycles. The standard InChI is InChI=1S/C11H9BrClFN4O2/c12-9-8(11(20)17-3-5(2-14)4-17)10-15-6(13)1-7(19)18(10)16-9/h1,5,15H,2-4H2. The first-order valence-corrected chi connectivity index (χ1v) is 7.00. The summed E-state index contributed by atoms with van der Waals surface area (Å²) in [5, 5.41) is 4.08. The third-order valence-electron chi connectivity index (χ3n) is 3.22. The van der Waals surface area contributed by atoms with Crippen LogP contribution in [0.2, 0.25) is 5.15 Å². The van der Waals surface area contributed by atoms with E-state index in [1.807, 2.05) is 0 Å². The van der Waals surface area contributed by atoms with Gasteiger partial charge in [0.05, 0.1) is 6.67 Å². The highest BCUT2D eigenvalue weighted by molar-refractivity contribution is 9.10. The molecule has 0 spiro atoms. The quantitative estimate of drug-likeness (QED) is 0.822. The monoisotopic (exact) mass is 362 g/mol. The number of likely N-dealkylation sites (tertiary alicyclic amines) is 1. The molecule has 2 aromatic rings. The minimum atomic E-state index is -0.442. The summed E-state index contributed by atoms with van der Waals surface area (Å²) >= 11 is 8.96. The Bertz CT molecular complexity index is 753. The molecule has 3 heterocycles. The van der Waals surface area contributed by atoms with Crippen LogP contribution in [-0.2, 0) is 0 Å². The fraction of sp³-hybridized carbons (Fsp3) is 0.364. The topological polar surface area (TPSA) is 70.5 Å². The van der Waals surface area contributed by atoms with Crippen LogP contribution in [0.4, 0.5) is 4.39 Å². The molecule has 1 N–H and O–H groups in total. The molecule has 0 aromatic carbocycles. The van der Waals surface area contributed by atoms with Crippen molar-refractivity contribution in [2.75, 3.05) is 19.8 Å². The number of amides is 1. The van der Waals surface area contributed by atoms with Crippen molar-refractivity contribution in [1.29, 1.82) is 0 Å². The zero-order valence-electron chi connectivity index (χ0n) is 10.1. The predicted molar refractivity (Wildman–Crippen MR) is 73.9 cm³/mol. The number of H-pyrrole nitrogens is 1. The molecule has 3 rings (SSSR count). The molecule has 20 heavy (non-hydrogen) atoms. The summed E-state index contributed by atoms with van der Waals surface area (Å²) in [5.74, 6) is -0.420. The van der Waals surface area contributed by atoms with Gasteiger partial charge in [-0.15, -0.1) is 0 Å². The molecule has 9 heteroatoms. The minimum Gasteiger partial charge on any atom is -0.338 e. The molecule has 0 saturated carbocycles. The Morgan fingerprint density at radius 3 is 2.95 bits per heavy atom. The van der Waals surface area contributed by atoms with Gasteiger partial charge in [-0.05, 0) is 15.9 Å². The molecule has 1 aliphatic rings. The maximum absolute atomic E-state index is 12.4. The Balaban J connectivity index is 2.05. The summed E-state index contributed by atoms with van der Waals surface area (Å²) in [6.07, 6.45) is 0.